The molecule has 118 valence electrons. The van der Waals surface area contributed by atoms with E-state index in [0.717, 1.165) is 15.7 Å². The molecule has 0 unspecified atom stereocenters. The molecule has 2 rings (SSSR count). The fourth-order valence-electron chi connectivity index (χ4n) is 1.81. The minimum absolute atomic E-state index is 0.0152. The molecule has 0 saturated carbocycles. The van der Waals surface area contributed by atoms with Gasteiger partial charge in [0.25, 0.3) is 0 Å². The Labute approximate surface area is 143 Å². The van der Waals surface area contributed by atoms with E-state index in [1.807, 2.05) is 49.4 Å². The van der Waals surface area contributed by atoms with Gasteiger partial charge in [-0.2, -0.15) is 10.4 Å². The van der Waals surface area contributed by atoms with Crippen LogP contribution >= 0.6 is 15.9 Å². The number of hydrogen-bond donors (Lipinski definition) is 1. The van der Waals surface area contributed by atoms with Crippen LogP contribution in [-0.4, -0.2) is 19.4 Å². The smallest absolute Gasteiger partial charge is 0.174 e. The zero-order valence-electron chi connectivity index (χ0n) is 12.6. The van der Waals surface area contributed by atoms with E-state index in [1.54, 1.807) is 12.3 Å². The summed E-state index contributed by atoms with van der Waals surface area (Å²) >= 11 is 3.39. The van der Waals surface area contributed by atoms with Crippen LogP contribution in [0.15, 0.2) is 52.0 Å². The molecule has 0 amide bonds. The zero-order chi connectivity index (χ0) is 16.5. The average Bonchev–Trinajstić information content (AvgIpc) is 2.56. The number of halogens is 1. The van der Waals surface area contributed by atoms with Crippen molar-refractivity contribution in [2.75, 3.05) is 18.6 Å². The Balaban J connectivity index is 2.06. The van der Waals surface area contributed by atoms with E-state index in [1.165, 1.54) is 0 Å². The van der Waals surface area contributed by atoms with Gasteiger partial charge in [0.15, 0.2) is 18.1 Å². The minimum atomic E-state index is -0.0152. The van der Waals surface area contributed by atoms with Crippen LogP contribution in [0.25, 0.3) is 0 Å². The molecule has 0 aliphatic carbocycles. The topological polar surface area (TPSA) is 66.6 Å². The molecule has 0 saturated heterocycles. The second-order valence-electron chi connectivity index (χ2n) is 4.46. The van der Waals surface area contributed by atoms with Crippen molar-refractivity contribution in [1.82, 2.24) is 0 Å². The molecular weight excluding hydrogens is 358 g/mol. The standard InChI is InChI=1S/C17H16BrN3O2/c1-2-22-17-11-13(3-8-16(17)23-10-9-19)12-20-21-15-6-4-14(18)5-7-15/h3-8,11-12,21H,2,10H2,1H3. The first-order chi connectivity index (χ1) is 11.2. The fourth-order valence-corrected chi connectivity index (χ4v) is 2.07. The lowest BCUT2D eigenvalue weighted by atomic mass is 10.2. The number of rotatable bonds is 7. The summed E-state index contributed by atoms with van der Waals surface area (Å²) < 4.78 is 11.9. The predicted octanol–water partition coefficient (Wildman–Crippen LogP) is 4.20. The first-order valence-corrected chi connectivity index (χ1v) is 7.83. The van der Waals surface area contributed by atoms with E-state index < -0.39 is 0 Å². The van der Waals surface area contributed by atoms with Crippen LogP contribution in [0.3, 0.4) is 0 Å². The van der Waals surface area contributed by atoms with Crippen molar-refractivity contribution in [3.8, 4) is 17.6 Å². The summed E-state index contributed by atoms with van der Waals surface area (Å²) in [6, 6.07) is 15.1. The molecule has 23 heavy (non-hydrogen) atoms. The van der Waals surface area contributed by atoms with Gasteiger partial charge in [-0.25, -0.2) is 0 Å². The lowest BCUT2D eigenvalue weighted by molar-refractivity contribution is 0.298. The quantitative estimate of drug-likeness (QED) is 0.583. The number of hydrazone groups is 1. The molecule has 1 N–H and O–H groups in total. The molecule has 5 nitrogen and oxygen atoms in total. The number of benzene rings is 2. The first-order valence-electron chi connectivity index (χ1n) is 7.04. The SMILES string of the molecule is CCOc1cc(C=NNc2ccc(Br)cc2)ccc1OCC#N. The molecule has 6 heteroatoms. The molecule has 2 aromatic rings. The number of hydrogen-bond acceptors (Lipinski definition) is 5. The lowest BCUT2D eigenvalue weighted by Gasteiger charge is -2.10. The highest BCUT2D eigenvalue weighted by Crippen LogP contribution is 2.28. The maximum atomic E-state index is 8.60. The minimum Gasteiger partial charge on any atom is -0.490 e. The number of nitrogens with zero attached hydrogens (tertiary/aromatic N) is 2. The van der Waals surface area contributed by atoms with Crippen molar-refractivity contribution in [2.24, 2.45) is 5.10 Å². The average molecular weight is 374 g/mol. The second kappa shape index (κ2) is 8.81. The molecule has 0 bridgehead atoms. The van der Waals surface area contributed by atoms with Gasteiger partial charge in [0.2, 0.25) is 0 Å². The highest BCUT2D eigenvalue weighted by atomic mass is 79.9. The first kappa shape index (κ1) is 16.8. The molecule has 0 aromatic heterocycles. The van der Waals surface area contributed by atoms with Gasteiger partial charge in [-0.1, -0.05) is 15.9 Å². The van der Waals surface area contributed by atoms with Gasteiger partial charge < -0.3 is 9.47 Å². The molecule has 0 heterocycles. The Kier molecular flexibility index (Phi) is 6.45. The van der Waals surface area contributed by atoms with Crippen LogP contribution in [0, 0.1) is 11.3 Å². The molecule has 0 aliphatic rings. The van der Waals surface area contributed by atoms with Gasteiger partial charge in [-0.05, 0) is 55.0 Å². The van der Waals surface area contributed by atoms with E-state index in [-0.39, 0.29) is 6.61 Å². The fraction of sp³-hybridized carbons (Fsp3) is 0.176. The summed E-state index contributed by atoms with van der Waals surface area (Å²) in [7, 11) is 0. The summed E-state index contributed by atoms with van der Waals surface area (Å²) in [4.78, 5) is 0. The third-order valence-corrected chi connectivity index (χ3v) is 3.34. The Bertz CT molecular complexity index is 709. The molecule has 0 atom stereocenters. The summed E-state index contributed by atoms with van der Waals surface area (Å²) in [5, 5.41) is 12.8. The highest BCUT2D eigenvalue weighted by molar-refractivity contribution is 9.10. The van der Waals surface area contributed by atoms with Crippen LogP contribution in [0.1, 0.15) is 12.5 Å². The molecule has 2 aromatic carbocycles. The number of nitriles is 1. The van der Waals surface area contributed by atoms with E-state index >= 15 is 0 Å². The molecule has 0 radical (unpaired) electrons. The molecule has 0 fully saturated rings. The van der Waals surface area contributed by atoms with Gasteiger partial charge in [-0.15, -0.1) is 0 Å². The summed E-state index contributed by atoms with van der Waals surface area (Å²) in [6.07, 6.45) is 1.69. The van der Waals surface area contributed by atoms with Gasteiger partial charge >= 0.3 is 0 Å². The van der Waals surface area contributed by atoms with Crippen molar-refractivity contribution in [3.05, 3.63) is 52.5 Å². The maximum Gasteiger partial charge on any atom is 0.174 e. The van der Waals surface area contributed by atoms with Crippen LogP contribution in [0.5, 0.6) is 11.5 Å². The van der Waals surface area contributed by atoms with E-state index in [4.69, 9.17) is 14.7 Å². The Morgan fingerprint density at radius 3 is 2.65 bits per heavy atom. The van der Waals surface area contributed by atoms with Crippen molar-refractivity contribution < 1.29 is 9.47 Å². The third-order valence-electron chi connectivity index (χ3n) is 2.81. The Morgan fingerprint density at radius 2 is 1.96 bits per heavy atom. The predicted molar refractivity (Wildman–Crippen MR) is 94.1 cm³/mol. The number of nitrogens with one attached hydrogen (secondary N) is 1. The van der Waals surface area contributed by atoms with E-state index in [0.29, 0.717) is 18.1 Å². The summed E-state index contributed by atoms with van der Waals surface area (Å²) in [6.45, 7) is 2.39. The highest BCUT2D eigenvalue weighted by Gasteiger charge is 2.05. The summed E-state index contributed by atoms with van der Waals surface area (Å²) in [5.74, 6) is 1.14. The van der Waals surface area contributed by atoms with Crippen LogP contribution in [-0.2, 0) is 0 Å². The van der Waals surface area contributed by atoms with Crippen molar-refractivity contribution >= 4 is 27.8 Å². The Hall–Kier alpha value is -2.52. The van der Waals surface area contributed by atoms with Crippen LogP contribution in [0.2, 0.25) is 0 Å². The number of ether oxygens (including phenoxy) is 2. The molecule has 0 spiro atoms. The van der Waals surface area contributed by atoms with Gasteiger partial charge in [0.1, 0.15) is 6.07 Å². The monoisotopic (exact) mass is 373 g/mol. The van der Waals surface area contributed by atoms with Gasteiger partial charge in [-0.3, -0.25) is 5.43 Å². The zero-order valence-corrected chi connectivity index (χ0v) is 14.2. The van der Waals surface area contributed by atoms with Crippen LogP contribution < -0.4 is 14.9 Å². The summed E-state index contributed by atoms with van der Waals surface area (Å²) in [5.41, 5.74) is 4.71. The largest absolute Gasteiger partial charge is 0.490 e. The van der Waals surface area contributed by atoms with Crippen molar-refractivity contribution in [2.45, 2.75) is 6.92 Å². The van der Waals surface area contributed by atoms with Gasteiger partial charge in [0.05, 0.1) is 18.5 Å². The number of anilines is 1. The molecular formula is C17H16BrN3O2. The lowest BCUT2D eigenvalue weighted by Crippen LogP contribution is -2.00. The third kappa shape index (κ3) is 5.31. The van der Waals surface area contributed by atoms with E-state index in [9.17, 15) is 0 Å². The normalized spacial score (nSPS) is 10.3. The molecule has 0 aliphatic heterocycles. The Morgan fingerprint density at radius 1 is 1.17 bits per heavy atom. The maximum absolute atomic E-state index is 8.60. The van der Waals surface area contributed by atoms with Crippen molar-refractivity contribution in [3.63, 3.8) is 0 Å². The van der Waals surface area contributed by atoms with E-state index in [2.05, 4.69) is 26.5 Å². The van der Waals surface area contributed by atoms with Crippen molar-refractivity contribution in [1.29, 1.82) is 5.26 Å². The van der Waals surface area contributed by atoms with Gasteiger partial charge in [0, 0.05) is 4.47 Å². The second-order valence-corrected chi connectivity index (χ2v) is 5.38. The van der Waals surface area contributed by atoms with Crippen LogP contribution in [0.4, 0.5) is 5.69 Å².